The highest BCUT2D eigenvalue weighted by Crippen LogP contribution is 2.29. The smallest absolute Gasteiger partial charge is 0.328 e. The molecule has 16 heavy (non-hydrogen) atoms. The quantitative estimate of drug-likeness (QED) is 0.844. The van der Waals surface area contributed by atoms with Crippen molar-refractivity contribution in [2.45, 2.75) is 31.5 Å². The lowest BCUT2D eigenvalue weighted by atomic mass is 9.78. The molecule has 3 nitrogen and oxygen atoms in total. The van der Waals surface area contributed by atoms with Crippen LogP contribution in [0.15, 0.2) is 12.4 Å². The molecule has 1 fully saturated rings. The first-order valence-corrected chi connectivity index (χ1v) is 5.09. The maximum absolute atomic E-state index is 12.2. The van der Waals surface area contributed by atoms with Gasteiger partial charge in [0.15, 0.2) is 5.69 Å². The minimum Gasteiger partial charge on any atom is -0.328 e. The Morgan fingerprint density at radius 1 is 1.25 bits per heavy atom. The summed E-state index contributed by atoms with van der Waals surface area (Å²) in [5, 5.41) is 0. The van der Waals surface area contributed by atoms with Crippen molar-refractivity contribution in [2.75, 3.05) is 0 Å². The summed E-state index contributed by atoms with van der Waals surface area (Å²) >= 11 is 0. The Morgan fingerprint density at radius 3 is 2.38 bits per heavy atom. The maximum atomic E-state index is 12.2. The van der Waals surface area contributed by atoms with Crippen LogP contribution >= 0.6 is 0 Å². The summed E-state index contributed by atoms with van der Waals surface area (Å²) in [6.07, 6.45) is 0.0786. The van der Waals surface area contributed by atoms with Gasteiger partial charge < -0.3 is 5.73 Å². The fourth-order valence-corrected chi connectivity index (χ4v) is 1.86. The second-order valence-corrected chi connectivity index (χ2v) is 4.19. The predicted molar refractivity (Wildman–Crippen MR) is 51.4 cm³/mol. The number of rotatable bonds is 2. The van der Waals surface area contributed by atoms with E-state index in [0.29, 0.717) is 18.0 Å². The average molecular weight is 231 g/mol. The van der Waals surface area contributed by atoms with E-state index in [4.69, 9.17) is 5.73 Å². The van der Waals surface area contributed by atoms with E-state index in [-0.39, 0.29) is 6.04 Å². The van der Waals surface area contributed by atoms with Crippen molar-refractivity contribution in [3.05, 3.63) is 23.8 Å². The van der Waals surface area contributed by atoms with Gasteiger partial charge >= 0.3 is 6.18 Å². The second-order valence-electron chi connectivity index (χ2n) is 4.19. The molecule has 0 saturated heterocycles. The van der Waals surface area contributed by atoms with Crippen molar-refractivity contribution in [3.63, 3.8) is 0 Å². The van der Waals surface area contributed by atoms with Crippen LogP contribution in [-0.2, 0) is 12.6 Å². The molecule has 1 saturated carbocycles. The van der Waals surface area contributed by atoms with Gasteiger partial charge in [-0.05, 0) is 25.2 Å². The Morgan fingerprint density at radius 2 is 1.94 bits per heavy atom. The van der Waals surface area contributed by atoms with Gasteiger partial charge in [-0.25, -0.2) is 4.98 Å². The average Bonchev–Trinajstić information content (AvgIpc) is 2.15. The van der Waals surface area contributed by atoms with Crippen LogP contribution in [0.2, 0.25) is 0 Å². The van der Waals surface area contributed by atoms with Crippen LogP contribution in [0.1, 0.15) is 24.2 Å². The first-order valence-electron chi connectivity index (χ1n) is 5.09. The number of nitrogens with zero attached hydrogens (tertiary/aromatic N) is 2. The molecular formula is C10H12F3N3. The predicted octanol–water partition coefficient (Wildman–Crippen LogP) is 1.78. The Balaban J connectivity index is 1.97. The van der Waals surface area contributed by atoms with E-state index in [9.17, 15) is 13.2 Å². The number of hydrogen-bond donors (Lipinski definition) is 1. The van der Waals surface area contributed by atoms with Crippen LogP contribution < -0.4 is 5.73 Å². The van der Waals surface area contributed by atoms with E-state index in [2.05, 4.69) is 9.97 Å². The van der Waals surface area contributed by atoms with Gasteiger partial charge in [-0.15, -0.1) is 0 Å². The van der Waals surface area contributed by atoms with Gasteiger partial charge in [0.25, 0.3) is 0 Å². The first-order chi connectivity index (χ1) is 7.45. The van der Waals surface area contributed by atoms with Gasteiger partial charge in [0.05, 0.1) is 11.9 Å². The molecule has 1 aromatic heterocycles. The molecule has 1 aliphatic carbocycles. The molecule has 0 bridgehead atoms. The monoisotopic (exact) mass is 231 g/mol. The molecular weight excluding hydrogens is 219 g/mol. The largest absolute Gasteiger partial charge is 0.434 e. The minimum atomic E-state index is -4.41. The molecule has 2 N–H and O–H groups in total. The molecule has 1 aromatic rings. The van der Waals surface area contributed by atoms with Crippen LogP contribution in [0.3, 0.4) is 0 Å². The van der Waals surface area contributed by atoms with Crippen LogP contribution in [-0.4, -0.2) is 16.0 Å². The molecule has 0 aliphatic heterocycles. The number of aromatic nitrogens is 2. The zero-order valence-corrected chi connectivity index (χ0v) is 8.54. The summed E-state index contributed by atoms with van der Waals surface area (Å²) in [4.78, 5) is 7.13. The summed E-state index contributed by atoms with van der Waals surface area (Å²) in [5.41, 5.74) is 5.28. The summed E-state index contributed by atoms with van der Waals surface area (Å²) in [6.45, 7) is 0. The fourth-order valence-electron chi connectivity index (χ4n) is 1.86. The Kier molecular flexibility index (Phi) is 2.84. The summed E-state index contributed by atoms with van der Waals surface area (Å²) < 4.78 is 36.6. The SMILES string of the molecule is NC1CC(Cc2cnc(C(F)(F)F)cn2)C1. The van der Waals surface area contributed by atoms with Crippen molar-refractivity contribution in [1.29, 1.82) is 0 Å². The van der Waals surface area contributed by atoms with E-state index in [1.165, 1.54) is 6.20 Å². The molecule has 1 heterocycles. The zero-order chi connectivity index (χ0) is 11.8. The molecule has 0 aromatic carbocycles. The summed E-state index contributed by atoms with van der Waals surface area (Å²) in [6, 6.07) is 0.243. The molecule has 0 spiro atoms. The van der Waals surface area contributed by atoms with Crippen molar-refractivity contribution in [2.24, 2.45) is 11.7 Å². The van der Waals surface area contributed by atoms with Crippen molar-refractivity contribution >= 4 is 0 Å². The topological polar surface area (TPSA) is 51.8 Å². The second kappa shape index (κ2) is 4.01. The molecule has 1 aliphatic rings. The van der Waals surface area contributed by atoms with Crippen LogP contribution in [0.5, 0.6) is 0 Å². The number of alkyl halides is 3. The molecule has 6 heteroatoms. The normalized spacial score (nSPS) is 25.2. The van der Waals surface area contributed by atoms with Gasteiger partial charge in [-0.3, -0.25) is 4.98 Å². The molecule has 88 valence electrons. The van der Waals surface area contributed by atoms with E-state index >= 15 is 0 Å². The van der Waals surface area contributed by atoms with Gasteiger partial charge in [-0.2, -0.15) is 13.2 Å². The number of hydrogen-bond acceptors (Lipinski definition) is 3. The van der Waals surface area contributed by atoms with Crippen LogP contribution in [0.4, 0.5) is 13.2 Å². The Hall–Kier alpha value is -1.17. The van der Waals surface area contributed by atoms with Crippen molar-refractivity contribution in [3.8, 4) is 0 Å². The van der Waals surface area contributed by atoms with Crippen LogP contribution in [0, 0.1) is 5.92 Å². The Bertz CT molecular complexity index is 355. The van der Waals surface area contributed by atoms with E-state index in [0.717, 1.165) is 19.0 Å². The molecule has 0 unspecified atom stereocenters. The third-order valence-electron chi connectivity index (χ3n) is 2.77. The highest BCUT2D eigenvalue weighted by atomic mass is 19.4. The van der Waals surface area contributed by atoms with E-state index in [1.807, 2.05) is 0 Å². The highest BCUT2D eigenvalue weighted by molar-refractivity contribution is 5.07. The minimum absolute atomic E-state index is 0.243. The third-order valence-corrected chi connectivity index (χ3v) is 2.77. The van der Waals surface area contributed by atoms with Gasteiger partial charge in [0, 0.05) is 12.2 Å². The van der Waals surface area contributed by atoms with Crippen LogP contribution in [0.25, 0.3) is 0 Å². The molecule has 0 amide bonds. The van der Waals surface area contributed by atoms with Gasteiger partial charge in [0.1, 0.15) is 0 Å². The lowest BCUT2D eigenvalue weighted by Gasteiger charge is -2.32. The van der Waals surface area contributed by atoms with Gasteiger partial charge in [0.2, 0.25) is 0 Å². The van der Waals surface area contributed by atoms with E-state index < -0.39 is 11.9 Å². The summed E-state index contributed by atoms with van der Waals surface area (Å²) in [5.74, 6) is 0.445. The Labute approximate surface area is 90.9 Å². The maximum Gasteiger partial charge on any atom is 0.434 e. The standard InChI is InChI=1S/C10H12F3N3/c11-10(12,13)9-5-15-8(4-16-9)3-6-1-7(14)2-6/h4-7H,1-3,14H2. The van der Waals surface area contributed by atoms with Crippen molar-refractivity contribution in [1.82, 2.24) is 9.97 Å². The molecule has 0 atom stereocenters. The molecule has 2 rings (SSSR count). The van der Waals surface area contributed by atoms with E-state index in [1.54, 1.807) is 0 Å². The lowest BCUT2D eigenvalue weighted by Crippen LogP contribution is -2.37. The fraction of sp³-hybridized carbons (Fsp3) is 0.600. The number of halogens is 3. The lowest BCUT2D eigenvalue weighted by molar-refractivity contribution is -0.141. The van der Waals surface area contributed by atoms with Gasteiger partial charge in [-0.1, -0.05) is 0 Å². The third kappa shape index (κ3) is 2.49. The summed E-state index contributed by atoms with van der Waals surface area (Å²) in [7, 11) is 0. The molecule has 0 radical (unpaired) electrons. The first kappa shape index (κ1) is 11.3. The van der Waals surface area contributed by atoms with Crippen molar-refractivity contribution < 1.29 is 13.2 Å². The zero-order valence-electron chi connectivity index (χ0n) is 8.54. The number of nitrogens with two attached hydrogens (primary N) is 1. The highest BCUT2D eigenvalue weighted by Gasteiger charge is 2.33.